The van der Waals surface area contributed by atoms with Gasteiger partial charge in [-0.1, -0.05) is 19.1 Å². The van der Waals surface area contributed by atoms with Crippen molar-refractivity contribution in [2.24, 2.45) is 0 Å². The van der Waals surface area contributed by atoms with Crippen molar-refractivity contribution in [1.29, 1.82) is 0 Å². The second-order valence-corrected chi connectivity index (χ2v) is 7.15. The molecular formula is C19H31FN2O2. The highest BCUT2D eigenvalue weighted by molar-refractivity contribution is 5.68. The monoisotopic (exact) mass is 338 g/mol. The van der Waals surface area contributed by atoms with E-state index in [1.54, 1.807) is 24.0 Å². The summed E-state index contributed by atoms with van der Waals surface area (Å²) in [4.78, 5) is 13.9. The van der Waals surface area contributed by atoms with Crippen LogP contribution in [0.15, 0.2) is 18.2 Å². The lowest BCUT2D eigenvalue weighted by molar-refractivity contribution is 0.0251. The number of hydrogen-bond acceptors (Lipinski definition) is 3. The molecule has 1 atom stereocenters. The fourth-order valence-electron chi connectivity index (χ4n) is 2.30. The first-order valence-corrected chi connectivity index (χ1v) is 8.61. The molecule has 0 radical (unpaired) electrons. The Morgan fingerprint density at radius 3 is 2.54 bits per heavy atom. The predicted molar refractivity (Wildman–Crippen MR) is 95.7 cm³/mol. The summed E-state index contributed by atoms with van der Waals surface area (Å²) in [5.41, 5.74) is 1.05. The number of carbonyl (C=O) groups excluding carboxylic acids is 1. The van der Waals surface area contributed by atoms with Gasteiger partial charge in [0, 0.05) is 25.7 Å². The van der Waals surface area contributed by atoms with Crippen LogP contribution in [0, 0.1) is 12.7 Å². The Bertz CT molecular complexity index is 541. The molecule has 4 nitrogen and oxygen atoms in total. The topological polar surface area (TPSA) is 41.6 Å². The molecule has 0 aliphatic heterocycles. The largest absolute Gasteiger partial charge is 0.444 e. The summed E-state index contributed by atoms with van der Waals surface area (Å²) >= 11 is 0. The zero-order valence-corrected chi connectivity index (χ0v) is 15.8. The van der Waals surface area contributed by atoms with Crippen LogP contribution in [-0.2, 0) is 4.74 Å². The van der Waals surface area contributed by atoms with E-state index in [0.29, 0.717) is 25.2 Å². The normalized spacial score (nSPS) is 12.8. The van der Waals surface area contributed by atoms with Gasteiger partial charge >= 0.3 is 6.09 Å². The van der Waals surface area contributed by atoms with Crippen molar-refractivity contribution >= 4 is 6.09 Å². The van der Waals surface area contributed by atoms with Crippen LogP contribution in [0.5, 0.6) is 0 Å². The molecule has 1 amide bonds. The second kappa shape index (κ2) is 9.02. The second-order valence-electron chi connectivity index (χ2n) is 7.15. The molecule has 0 saturated carbocycles. The fraction of sp³-hybridized carbons (Fsp3) is 0.632. The van der Waals surface area contributed by atoms with Crippen molar-refractivity contribution in [2.75, 3.05) is 19.6 Å². The number of rotatable bonds is 7. The molecule has 1 unspecified atom stereocenters. The molecule has 1 N–H and O–H groups in total. The van der Waals surface area contributed by atoms with E-state index in [1.165, 1.54) is 0 Å². The van der Waals surface area contributed by atoms with Gasteiger partial charge in [-0.3, -0.25) is 0 Å². The average molecular weight is 338 g/mol. The minimum Gasteiger partial charge on any atom is -0.444 e. The molecule has 0 bridgehead atoms. The molecule has 1 aromatic rings. The number of hydrogen-bond donors (Lipinski definition) is 1. The maximum absolute atomic E-state index is 13.7. The SMILES string of the molecule is CCCN(CCNC(C)c1ccc(C)c(F)c1)C(=O)OC(C)(C)C. The summed E-state index contributed by atoms with van der Waals surface area (Å²) in [7, 11) is 0. The highest BCUT2D eigenvalue weighted by Gasteiger charge is 2.21. The number of benzene rings is 1. The van der Waals surface area contributed by atoms with E-state index in [2.05, 4.69) is 5.32 Å². The Morgan fingerprint density at radius 2 is 2.00 bits per heavy atom. The zero-order chi connectivity index (χ0) is 18.3. The summed E-state index contributed by atoms with van der Waals surface area (Å²) in [6.45, 7) is 13.2. The van der Waals surface area contributed by atoms with Crippen LogP contribution < -0.4 is 5.32 Å². The lowest BCUT2D eigenvalue weighted by atomic mass is 10.1. The van der Waals surface area contributed by atoms with Gasteiger partial charge in [0.1, 0.15) is 11.4 Å². The van der Waals surface area contributed by atoms with Crippen LogP contribution in [-0.4, -0.2) is 36.2 Å². The zero-order valence-electron chi connectivity index (χ0n) is 15.8. The lowest BCUT2D eigenvalue weighted by Crippen LogP contribution is -2.41. The molecule has 0 heterocycles. The molecule has 136 valence electrons. The van der Waals surface area contributed by atoms with E-state index in [0.717, 1.165) is 12.0 Å². The highest BCUT2D eigenvalue weighted by atomic mass is 19.1. The van der Waals surface area contributed by atoms with Crippen LogP contribution >= 0.6 is 0 Å². The van der Waals surface area contributed by atoms with Gasteiger partial charge in [-0.15, -0.1) is 0 Å². The van der Waals surface area contributed by atoms with Crippen molar-refractivity contribution in [3.05, 3.63) is 35.1 Å². The number of aryl methyl sites for hydroxylation is 1. The molecule has 0 saturated heterocycles. The summed E-state index contributed by atoms with van der Waals surface area (Å²) in [6, 6.07) is 5.29. The molecule has 0 aliphatic rings. The van der Waals surface area contributed by atoms with Gasteiger partial charge in [-0.05, 0) is 58.2 Å². The summed E-state index contributed by atoms with van der Waals surface area (Å²) < 4.78 is 19.1. The highest BCUT2D eigenvalue weighted by Crippen LogP contribution is 2.16. The Hall–Kier alpha value is -1.62. The minimum absolute atomic E-state index is 0.0159. The average Bonchev–Trinajstić information content (AvgIpc) is 2.47. The first-order valence-electron chi connectivity index (χ1n) is 8.61. The number of halogens is 1. The number of nitrogens with one attached hydrogen (secondary N) is 1. The van der Waals surface area contributed by atoms with Crippen LogP contribution in [0.2, 0.25) is 0 Å². The van der Waals surface area contributed by atoms with Crippen LogP contribution in [0.4, 0.5) is 9.18 Å². The molecule has 0 aliphatic carbocycles. The van der Waals surface area contributed by atoms with Gasteiger partial charge in [-0.25, -0.2) is 9.18 Å². The maximum Gasteiger partial charge on any atom is 0.410 e. The van der Waals surface area contributed by atoms with Gasteiger partial charge in [-0.2, -0.15) is 0 Å². The standard InChI is InChI=1S/C19H31FN2O2/c1-7-11-22(18(23)24-19(4,5)6)12-10-21-15(3)16-9-8-14(2)17(20)13-16/h8-9,13,15,21H,7,10-12H2,1-6H3. The molecular weight excluding hydrogens is 307 g/mol. The van der Waals surface area contributed by atoms with E-state index >= 15 is 0 Å². The van der Waals surface area contributed by atoms with Crippen molar-refractivity contribution in [3.8, 4) is 0 Å². The summed E-state index contributed by atoms with van der Waals surface area (Å²) in [5.74, 6) is -0.192. The quantitative estimate of drug-likeness (QED) is 0.799. The third kappa shape index (κ3) is 6.87. The van der Waals surface area contributed by atoms with Crippen molar-refractivity contribution in [2.45, 2.75) is 59.6 Å². The minimum atomic E-state index is -0.497. The smallest absolute Gasteiger partial charge is 0.410 e. The lowest BCUT2D eigenvalue weighted by Gasteiger charge is -2.27. The molecule has 1 aromatic carbocycles. The van der Waals surface area contributed by atoms with Crippen molar-refractivity contribution in [1.82, 2.24) is 10.2 Å². The van der Waals surface area contributed by atoms with Crippen molar-refractivity contribution < 1.29 is 13.9 Å². The van der Waals surface area contributed by atoms with Gasteiger partial charge in [0.15, 0.2) is 0 Å². The molecule has 24 heavy (non-hydrogen) atoms. The third-order valence-corrected chi connectivity index (χ3v) is 3.67. The van der Waals surface area contributed by atoms with Crippen LogP contribution in [0.3, 0.4) is 0 Å². The van der Waals surface area contributed by atoms with E-state index in [4.69, 9.17) is 4.74 Å². The predicted octanol–water partition coefficient (Wildman–Crippen LogP) is 4.43. The van der Waals surface area contributed by atoms with Gasteiger partial charge < -0.3 is 15.0 Å². The Kier molecular flexibility index (Phi) is 7.67. The fourth-order valence-corrected chi connectivity index (χ4v) is 2.30. The Balaban J connectivity index is 2.55. The molecule has 0 aromatic heterocycles. The molecule has 1 rings (SSSR count). The maximum atomic E-state index is 13.7. The third-order valence-electron chi connectivity index (χ3n) is 3.67. The summed E-state index contributed by atoms with van der Waals surface area (Å²) in [5, 5.41) is 3.34. The van der Waals surface area contributed by atoms with E-state index in [1.807, 2.05) is 40.7 Å². The van der Waals surface area contributed by atoms with Gasteiger partial charge in [0.2, 0.25) is 0 Å². The number of amides is 1. The van der Waals surface area contributed by atoms with Crippen molar-refractivity contribution in [3.63, 3.8) is 0 Å². The van der Waals surface area contributed by atoms with Gasteiger partial charge in [0.05, 0.1) is 0 Å². The number of carbonyl (C=O) groups is 1. The molecule has 0 spiro atoms. The Labute approximate surface area is 145 Å². The summed E-state index contributed by atoms with van der Waals surface area (Å²) in [6.07, 6.45) is 0.581. The molecule has 5 heteroatoms. The van der Waals surface area contributed by atoms with Crippen LogP contribution in [0.25, 0.3) is 0 Å². The first kappa shape index (κ1) is 20.4. The Morgan fingerprint density at radius 1 is 1.33 bits per heavy atom. The van der Waals surface area contributed by atoms with E-state index < -0.39 is 5.60 Å². The van der Waals surface area contributed by atoms with Gasteiger partial charge in [0.25, 0.3) is 0 Å². The number of ether oxygens (including phenoxy) is 1. The van der Waals surface area contributed by atoms with E-state index in [-0.39, 0.29) is 18.0 Å². The molecule has 0 fully saturated rings. The van der Waals surface area contributed by atoms with E-state index in [9.17, 15) is 9.18 Å². The first-order chi connectivity index (χ1) is 11.1. The number of nitrogens with zero attached hydrogens (tertiary/aromatic N) is 1. The van der Waals surface area contributed by atoms with Crippen LogP contribution in [0.1, 0.15) is 58.2 Å².